The van der Waals surface area contributed by atoms with E-state index in [1.54, 1.807) is 10.9 Å². The van der Waals surface area contributed by atoms with E-state index in [0.29, 0.717) is 17.8 Å². The van der Waals surface area contributed by atoms with Crippen molar-refractivity contribution < 1.29 is 14.3 Å². The number of nitrogens with zero attached hydrogens (tertiary/aromatic N) is 2. The van der Waals surface area contributed by atoms with E-state index in [1.807, 2.05) is 81.4 Å². The van der Waals surface area contributed by atoms with Gasteiger partial charge in [-0.3, -0.25) is 9.48 Å². The Bertz CT molecular complexity index is 974. The predicted octanol–water partition coefficient (Wildman–Crippen LogP) is 3.67. The third kappa shape index (κ3) is 5.78. The Kier molecular flexibility index (Phi) is 6.12. The molecular weight excluding hydrogens is 366 g/mol. The van der Waals surface area contributed by atoms with Crippen LogP contribution in [0.2, 0.25) is 0 Å². The first-order valence-electron chi connectivity index (χ1n) is 9.47. The van der Waals surface area contributed by atoms with E-state index in [4.69, 9.17) is 4.74 Å². The summed E-state index contributed by atoms with van der Waals surface area (Å²) >= 11 is 0. The molecule has 1 N–H and O–H groups in total. The molecular formula is C23H25N3O3. The summed E-state index contributed by atoms with van der Waals surface area (Å²) in [4.78, 5) is 24.7. The lowest BCUT2D eigenvalue weighted by Crippen LogP contribution is -2.42. The van der Waals surface area contributed by atoms with Gasteiger partial charge >= 0.3 is 5.97 Å². The monoisotopic (exact) mass is 391 g/mol. The summed E-state index contributed by atoms with van der Waals surface area (Å²) < 4.78 is 6.97. The van der Waals surface area contributed by atoms with Gasteiger partial charge in [0, 0.05) is 17.3 Å². The third-order valence-corrected chi connectivity index (χ3v) is 4.07. The van der Waals surface area contributed by atoms with Crippen molar-refractivity contribution in [2.75, 3.05) is 6.61 Å². The number of rotatable bonds is 6. The molecule has 0 aliphatic rings. The Morgan fingerprint density at radius 3 is 2.24 bits per heavy atom. The van der Waals surface area contributed by atoms with Crippen LogP contribution < -0.4 is 5.32 Å². The van der Waals surface area contributed by atoms with E-state index in [0.717, 1.165) is 11.1 Å². The fourth-order valence-corrected chi connectivity index (χ4v) is 2.89. The molecule has 150 valence electrons. The van der Waals surface area contributed by atoms with Crippen LogP contribution in [0.1, 0.15) is 36.7 Å². The molecule has 0 atom stereocenters. The molecule has 0 unspecified atom stereocenters. The molecule has 0 fully saturated rings. The van der Waals surface area contributed by atoms with Crippen molar-refractivity contribution in [1.29, 1.82) is 0 Å². The van der Waals surface area contributed by atoms with Gasteiger partial charge in [-0.25, -0.2) is 4.79 Å². The molecule has 0 saturated carbocycles. The number of hydrogen-bond donors (Lipinski definition) is 1. The van der Waals surface area contributed by atoms with Crippen LogP contribution in [0.4, 0.5) is 0 Å². The number of hydrogen-bond acceptors (Lipinski definition) is 4. The fraction of sp³-hybridized carbons (Fsp3) is 0.261. The van der Waals surface area contributed by atoms with Crippen LogP contribution in [-0.2, 0) is 16.1 Å². The summed E-state index contributed by atoms with van der Waals surface area (Å²) in [5, 5.41) is 7.37. The second-order valence-corrected chi connectivity index (χ2v) is 7.81. The van der Waals surface area contributed by atoms with E-state index in [9.17, 15) is 9.59 Å². The second-order valence-electron chi connectivity index (χ2n) is 7.81. The SMILES string of the molecule is CC(C)(C)NC(=O)COC(=O)c1cn(Cc2ccccc2)nc1-c1ccccc1. The average Bonchev–Trinajstić information content (AvgIpc) is 3.10. The quantitative estimate of drug-likeness (QED) is 0.651. The van der Waals surface area contributed by atoms with Crippen LogP contribution in [0, 0.1) is 0 Å². The number of amides is 1. The molecule has 29 heavy (non-hydrogen) atoms. The topological polar surface area (TPSA) is 73.2 Å². The highest BCUT2D eigenvalue weighted by atomic mass is 16.5. The van der Waals surface area contributed by atoms with Crippen molar-refractivity contribution in [3.05, 3.63) is 78.0 Å². The van der Waals surface area contributed by atoms with Gasteiger partial charge in [0.25, 0.3) is 5.91 Å². The summed E-state index contributed by atoms with van der Waals surface area (Å²) in [7, 11) is 0. The summed E-state index contributed by atoms with van der Waals surface area (Å²) in [5.41, 5.74) is 2.35. The molecule has 1 heterocycles. The highest BCUT2D eigenvalue weighted by Crippen LogP contribution is 2.23. The minimum atomic E-state index is -0.577. The van der Waals surface area contributed by atoms with E-state index in [1.165, 1.54) is 0 Å². The molecule has 0 radical (unpaired) electrons. The van der Waals surface area contributed by atoms with Crippen molar-refractivity contribution >= 4 is 11.9 Å². The van der Waals surface area contributed by atoms with E-state index in [2.05, 4.69) is 10.4 Å². The highest BCUT2D eigenvalue weighted by Gasteiger charge is 2.21. The molecule has 1 aromatic heterocycles. The van der Waals surface area contributed by atoms with Crippen molar-refractivity contribution in [2.45, 2.75) is 32.9 Å². The first kappa shape index (κ1) is 20.3. The van der Waals surface area contributed by atoms with Crippen LogP contribution in [0.25, 0.3) is 11.3 Å². The van der Waals surface area contributed by atoms with Crippen LogP contribution >= 0.6 is 0 Å². The van der Waals surface area contributed by atoms with Crippen molar-refractivity contribution in [2.24, 2.45) is 0 Å². The Balaban J connectivity index is 1.82. The van der Waals surface area contributed by atoms with Gasteiger partial charge in [0.1, 0.15) is 11.3 Å². The van der Waals surface area contributed by atoms with Gasteiger partial charge in [0.05, 0.1) is 6.54 Å². The number of aromatic nitrogens is 2. The zero-order valence-electron chi connectivity index (χ0n) is 16.9. The molecule has 0 bridgehead atoms. The van der Waals surface area contributed by atoms with Crippen LogP contribution in [-0.4, -0.2) is 33.8 Å². The minimum absolute atomic E-state index is 0.329. The third-order valence-electron chi connectivity index (χ3n) is 4.07. The highest BCUT2D eigenvalue weighted by molar-refractivity contribution is 5.97. The first-order chi connectivity index (χ1) is 13.8. The molecule has 0 saturated heterocycles. The number of carbonyl (C=O) groups is 2. The first-order valence-corrected chi connectivity index (χ1v) is 9.47. The summed E-state index contributed by atoms with van der Waals surface area (Å²) in [6.07, 6.45) is 1.67. The van der Waals surface area contributed by atoms with Crippen LogP contribution in [0.5, 0.6) is 0 Å². The lowest BCUT2D eigenvalue weighted by Gasteiger charge is -2.20. The molecule has 3 aromatic rings. The lowest BCUT2D eigenvalue weighted by atomic mass is 10.1. The lowest BCUT2D eigenvalue weighted by molar-refractivity contribution is -0.125. The predicted molar refractivity (Wildman–Crippen MR) is 111 cm³/mol. The number of nitrogens with one attached hydrogen (secondary N) is 1. The van der Waals surface area contributed by atoms with E-state index >= 15 is 0 Å². The molecule has 0 spiro atoms. The van der Waals surface area contributed by atoms with Crippen LogP contribution in [0.15, 0.2) is 66.9 Å². The van der Waals surface area contributed by atoms with Gasteiger partial charge in [-0.15, -0.1) is 0 Å². The van der Waals surface area contributed by atoms with Gasteiger partial charge < -0.3 is 10.1 Å². The number of esters is 1. The van der Waals surface area contributed by atoms with Crippen molar-refractivity contribution in [3.63, 3.8) is 0 Å². The molecule has 1 amide bonds. The molecule has 6 nitrogen and oxygen atoms in total. The van der Waals surface area contributed by atoms with Crippen LogP contribution in [0.3, 0.4) is 0 Å². The fourth-order valence-electron chi connectivity index (χ4n) is 2.89. The zero-order valence-corrected chi connectivity index (χ0v) is 16.9. The smallest absolute Gasteiger partial charge is 0.342 e. The second kappa shape index (κ2) is 8.73. The van der Waals surface area contributed by atoms with Gasteiger partial charge in [-0.1, -0.05) is 60.7 Å². The Hall–Kier alpha value is -3.41. The molecule has 0 aliphatic carbocycles. The van der Waals surface area contributed by atoms with Gasteiger partial charge in [-0.2, -0.15) is 5.10 Å². The summed E-state index contributed by atoms with van der Waals surface area (Å²) in [5.74, 6) is -0.920. The maximum Gasteiger partial charge on any atom is 0.342 e. The van der Waals surface area contributed by atoms with Gasteiger partial charge in [0.15, 0.2) is 6.61 Å². The number of ether oxygens (including phenoxy) is 1. The number of benzene rings is 2. The van der Waals surface area contributed by atoms with Gasteiger partial charge in [-0.05, 0) is 26.3 Å². The van der Waals surface area contributed by atoms with Gasteiger partial charge in [0.2, 0.25) is 0 Å². The Morgan fingerprint density at radius 1 is 1.00 bits per heavy atom. The average molecular weight is 391 g/mol. The Morgan fingerprint density at radius 2 is 1.62 bits per heavy atom. The molecule has 6 heteroatoms. The summed E-state index contributed by atoms with van der Waals surface area (Å²) in [6.45, 7) is 5.79. The molecule has 2 aromatic carbocycles. The van der Waals surface area contributed by atoms with E-state index < -0.39 is 5.97 Å². The maximum absolute atomic E-state index is 12.7. The summed E-state index contributed by atoms with van der Waals surface area (Å²) in [6, 6.07) is 19.3. The number of carbonyl (C=O) groups excluding carboxylic acids is 2. The Labute approximate surface area is 170 Å². The molecule has 0 aliphatic heterocycles. The van der Waals surface area contributed by atoms with E-state index in [-0.39, 0.29) is 18.1 Å². The molecule has 3 rings (SSSR count). The van der Waals surface area contributed by atoms with Crippen molar-refractivity contribution in [3.8, 4) is 11.3 Å². The standard InChI is InChI=1S/C23H25N3O3/c1-23(2,3)24-20(27)16-29-22(28)19-15-26(14-17-10-6-4-7-11-17)25-21(19)18-12-8-5-9-13-18/h4-13,15H,14,16H2,1-3H3,(H,24,27). The zero-order chi connectivity index (χ0) is 20.9. The van der Waals surface area contributed by atoms with Crippen molar-refractivity contribution in [1.82, 2.24) is 15.1 Å². The maximum atomic E-state index is 12.7. The minimum Gasteiger partial charge on any atom is -0.452 e. The largest absolute Gasteiger partial charge is 0.452 e. The normalized spacial score (nSPS) is 11.1.